The third-order valence-electron chi connectivity index (χ3n) is 7.08. The Morgan fingerprint density at radius 2 is 0.927 bits per heavy atom. The van der Waals surface area contributed by atoms with Crippen LogP contribution in [0.4, 0.5) is 9.59 Å². The van der Waals surface area contributed by atoms with Gasteiger partial charge in [-0.3, -0.25) is 0 Å². The van der Waals surface area contributed by atoms with Crippen LogP contribution >= 0.6 is 0 Å². The first-order chi connectivity index (χ1) is 26.5. The van der Waals surface area contributed by atoms with Gasteiger partial charge in [0.15, 0.2) is 23.0 Å². The fourth-order valence-electron chi connectivity index (χ4n) is 4.30. The normalized spacial score (nSPS) is 10.2. The summed E-state index contributed by atoms with van der Waals surface area (Å²) in [6.07, 6.45) is 1.90. The van der Waals surface area contributed by atoms with E-state index in [0.29, 0.717) is 31.2 Å². The highest BCUT2D eigenvalue weighted by atomic mass is 16.7. The zero-order chi connectivity index (χ0) is 40.2. The Morgan fingerprint density at radius 3 is 1.35 bits per heavy atom. The second kappa shape index (κ2) is 22.3. The molecular formula is C39H40O16. The average molecular weight is 765 g/mol. The molecule has 16 nitrogen and oxygen atoms in total. The van der Waals surface area contributed by atoms with Crippen LogP contribution in [-0.4, -0.2) is 76.8 Å². The number of aryl methyl sites for hydroxylation is 1. The summed E-state index contributed by atoms with van der Waals surface area (Å²) in [5.74, 6) is -2.12. The molecular weight excluding hydrogens is 724 g/mol. The lowest BCUT2D eigenvalue weighted by Gasteiger charge is -2.13. The van der Waals surface area contributed by atoms with Gasteiger partial charge >= 0.3 is 36.2 Å². The maximum absolute atomic E-state index is 13.0. The first kappa shape index (κ1) is 42.6. The Morgan fingerprint density at radius 1 is 0.509 bits per heavy atom. The standard InChI is InChI=1S/C39H40O16/c1-6-34(40)48-18-8-10-20-50-38(44)54-30-15-12-26(23-32(30)46-4)36(42)52-28-14-17-29(25(3)22-28)53-37(43)27-13-16-31(33(24-27)47-5)55-39(45)51-21-11-9-19-49-35(41)7-2/h6-7,12-17,22-24H,1-2,8-11,18-21H2,3-5H3. The molecule has 292 valence electrons. The highest BCUT2D eigenvalue weighted by Crippen LogP contribution is 2.32. The molecule has 0 saturated heterocycles. The zero-order valence-corrected chi connectivity index (χ0v) is 30.5. The van der Waals surface area contributed by atoms with Crippen molar-refractivity contribution < 1.29 is 76.1 Å². The maximum atomic E-state index is 13.0. The van der Waals surface area contributed by atoms with E-state index < -0.39 is 36.2 Å². The molecule has 0 aliphatic carbocycles. The number of hydrogen-bond donors (Lipinski definition) is 0. The van der Waals surface area contributed by atoms with Gasteiger partial charge in [0.25, 0.3) is 0 Å². The van der Waals surface area contributed by atoms with E-state index in [0.717, 1.165) is 12.2 Å². The summed E-state index contributed by atoms with van der Waals surface area (Å²) in [5.41, 5.74) is 0.628. The molecule has 0 spiro atoms. The molecule has 0 fully saturated rings. The predicted octanol–water partition coefficient (Wildman–Crippen LogP) is 6.50. The van der Waals surface area contributed by atoms with Crippen molar-refractivity contribution in [3.63, 3.8) is 0 Å². The van der Waals surface area contributed by atoms with Gasteiger partial charge in [-0.2, -0.15) is 0 Å². The highest BCUT2D eigenvalue weighted by molar-refractivity contribution is 5.93. The van der Waals surface area contributed by atoms with Crippen LogP contribution in [0.5, 0.6) is 34.5 Å². The van der Waals surface area contributed by atoms with E-state index in [4.69, 9.17) is 47.4 Å². The van der Waals surface area contributed by atoms with Crippen LogP contribution in [-0.2, 0) is 28.5 Å². The van der Waals surface area contributed by atoms with E-state index >= 15 is 0 Å². The van der Waals surface area contributed by atoms with Crippen molar-refractivity contribution in [1.82, 2.24) is 0 Å². The van der Waals surface area contributed by atoms with Gasteiger partial charge in [0.05, 0.1) is 51.8 Å². The number of carbonyl (C=O) groups is 6. The second-order valence-electron chi connectivity index (χ2n) is 11.0. The third-order valence-corrected chi connectivity index (χ3v) is 7.08. The Bertz CT molecular complexity index is 1860. The lowest BCUT2D eigenvalue weighted by atomic mass is 10.2. The second-order valence-corrected chi connectivity index (χ2v) is 11.0. The molecule has 3 aromatic carbocycles. The molecule has 0 aliphatic heterocycles. The molecule has 0 bridgehead atoms. The fourth-order valence-corrected chi connectivity index (χ4v) is 4.30. The number of benzene rings is 3. The van der Waals surface area contributed by atoms with Crippen molar-refractivity contribution in [3.05, 3.63) is 96.6 Å². The molecule has 0 amide bonds. The number of hydrogen-bond acceptors (Lipinski definition) is 16. The molecule has 16 heteroatoms. The van der Waals surface area contributed by atoms with Gasteiger partial charge in [-0.1, -0.05) is 13.2 Å². The largest absolute Gasteiger partial charge is 0.513 e. The van der Waals surface area contributed by atoms with Gasteiger partial charge in [-0.05, 0) is 92.8 Å². The molecule has 0 aliphatic rings. The highest BCUT2D eigenvalue weighted by Gasteiger charge is 2.19. The lowest BCUT2D eigenvalue weighted by molar-refractivity contribution is -0.138. The number of carbonyl (C=O) groups excluding carboxylic acids is 6. The summed E-state index contributed by atoms with van der Waals surface area (Å²) in [5, 5.41) is 0. The smallest absolute Gasteiger partial charge is 0.493 e. The summed E-state index contributed by atoms with van der Waals surface area (Å²) in [4.78, 5) is 72.2. The van der Waals surface area contributed by atoms with E-state index in [9.17, 15) is 28.8 Å². The molecule has 0 saturated carbocycles. The molecule has 0 N–H and O–H groups in total. The minimum absolute atomic E-state index is 0.00207. The van der Waals surface area contributed by atoms with Gasteiger partial charge in [0, 0.05) is 12.2 Å². The maximum Gasteiger partial charge on any atom is 0.513 e. The fraction of sp³-hybridized carbons (Fsp3) is 0.282. The van der Waals surface area contributed by atoms with Crippen LogP contribution in [0.2, 0.25) is 0 Å². The number of unbranched alkanes of at least 4 members (excludes halogenated alkanes) is 2. The zero-order valence-electron chi connectivity index (χ0n) is 30.5. The Balaban J connectivity index is 1.51. The first-order valence-electron chi connectivity index (χ1n) is 16.7. The Kier molecular flexibility index (Phi) is 17.2. The van der Waals surface area contributed by atoms with Crippen LogP contribution in [0.25, 0.3) is 0 Å². The minimum atomic E-state index is -0.994. The molecule has 3 rings (SSSR count). The number of rotatable bonds is 20. The molecule has 0 aromatic heterocycles. The lowest BCUT2D eigenvalue weighted by Crippen LogP contribution is -2.14. The van der Waals surface area contributed by atoms with Gasteiger partial charge in [0.2, 0.25) is 0 Å². The summed E-state index contributed by atoms with van der Waals surface area (Å²) in [6.45, 7) is 8.59. The Labute approximate surface area is 316 Å². The van der Waals surface area contributed by atoms with E-state index in [1.165, 1.54) is 68.8 Å². The average Bonchev–Trinajstić information content (AvgIpc) is 3.18. The van der Waals surface area contributed by atoms with Crippen molar-refractivity contribution in [1.29, 1.82) is 0 Å². The summed E-state index contributed by atoms with van der Waals surface area (Å²) >= 11 is 0. The van der Waals surface area contributed by atoms with Crippen LogP contribution in [0.1, 0.15) is 52.0 Å². The summed E-state index contributed by atoms with van der Waals surface area (Å²) < 4.78 is 51.7. The molecule has 0 atom stereocenters. The van der Waals surface area contributed by atoms with E-state index in [1.807, 2.05) is 0 Å². The summed E-state index contributed by atoms with van der Waals surface area (Å²) in [6, 6.07) is 12.4. The monoisotopic (exact) mass is 764 g/mol. The van der Waals surface area contributed by atoms with Gasteiger partial charge < -0.3 is 47.4 Å². The SMILES string of the molecule is C=CC(=O)OCCCCOC(=O)Oc1ccc(C(=O)Oc2ccc(OC(=O)c3ccc(OC(=O)OCCCCOC(=O)C=C)c(OC)c3)c(C)c2)cc1OC. The minimum Gasteiger partial charge on any atom is -0.493 e. The third kappa shape index (κ3) is 14.2. The number of ether oxygens (including phenoxy) is 10. The molecule has 0 radical (unpaired) electrons. The number of methoxy groups -OCH3 is 2. The van der Waals surface area contributed by atoms with Gasteiger partial charge in [-0.25, -0.2) is 28.8 Å². The van der Waals surface area contributed by atoms with Crippen molar-refractivity contribution in [2.45, 2.75) is 32.6 Å². The van der Waals surface area contributed by atoms with Crippen LogP contribution in [0.15, 0.2) is 79.9 Å². The molecule has 0 heterocycles. The predicted molar refractivity (Wildman–Crippen MR) is 192 cm³/mol. The van der Waals surface area contributed by atoms with Crippen molar-refractivity contribution in [2.75, 3.05) is 40.6 Å². The van der Waals surface area contributed by atoms with E-state index in [2.05, 4.69) is 13.2 Å². The van der Waals surface area contributed by atoms with Crippen LogP contribution in [0, 0.1) is 6.92 Å². The van der Waals surface area contributed by atoms with E-state index in [1.54, 1.807) is 6.92 Å². The first-order valence-corrected chi connectivity index (χ1v) is 16.7. The Hall–Kier alpha value is -6.84. The van der Waals surface area contributed by atoms with E-state index in [-0.39, 0.29) is 72.1 Å². The quantitative estimate of drug-likeness (QED) is 0.0302. The topological polar surface area (TPSA) is 195 Å². The molecule has 55 heavy (non-hydrogen) atoms. The van der Waals surface area contributed by atoms with Crippen molar-refractivity contribution >= 4 is 36.2 Å². The van der Waals surface area contributed by atoms with Gasteiger partial charge in [0.1, 0.15) is 11.5 Å². The van der Waals surface area contributed by atoms with Gasteiger partial charge in [-0.15, -0.1) is 0 Å². The molecule has 0 unspecified atom stereocenters. The number of esters is 4. The van der Waals surface area contributed by atoms with Crippen LogP contribution < -0.4 is 28.4 Å². The van der Waals surface area contributed by atoms with Crippen LogP contribution in [0.3, 0.4) is 0 Å². The van der Waals surface area contributed by atoms with Crippen molar-refractivity contribution in [2.24, 2.45) is 0 Å². The molecule has 3 aromatic rings. The summed E-state index contributed by atoms with van der Waals surface area (Å²) in [7, 11) is 2.65. The van der Waals surface area contributed by atoms with Crippen molar-refractivity contribution in [3.8, 4) is 34.5 Å².